The zero-order chi connectivity index (χ0) is 22.4. The molecule has 0 aliphatic carbocycles. The average molecular weight is 457 g/mol. The third-order valence-corrected chi connectivity index (χ3v) is 7.44. The van der Waals surface area contributed by atoms with Gasteiger partial charge in [0.15, 0.2) is 0 Å². The van der Waals surface area contributed by atoms with Crippen molar-refractivity contribution in [2.75, 3.05) is 44.2 Å². The Bertz CT molecular complexity index is 403. The molecule has 1 aliphatic heterocycles. The minimum absolute atomic E-state index is 0.0732. The van der Waals surface area contributed by atoms with Crippen LogP contribution in [0.15, 0.2) is 0 Å². The molecule has 0 aromatic rings. The zero-order valence-corrected chi connectivity index (χ0v) is 21.6. The third kappa shape index (κ3) is 19.0. The van der Waals surface area contributed by atoms with Gasteiger partial charge in [-0.25, -0.2) is 0 Å². The molecule has 1 atom stereocenters. The van der Waals surface area contributed by atoms with E-state index in [1.54, 1.807) is 0 Å². The zero-order valence-electron chi connectivity index (χ0n) is 20.8. The van der Waals surface area contributed by atoms with Gasteiger partial charge in [-0.2, -0.15) is 11.8 Å². The number of nitrogens with one attached hydrogen (secondary N) is 1. The number of carbonyl (C=O) groups is 1. The highest BCUT2D eigenvalue weighted by Crippen LogP contribution is 2.16. The molecule has 1 aliphatic rings. The number of piperazine rings is 1. The van der Waals surface area contributed by atoms with Gasteiger partial charge in [0.1, 0.15) is 6.10 Å². The second-order valence-corrected chi connectivity index (χ2v) is 10.4. The largest absolute Gasteiger partial charge is 0.462 e. The molecule has 1 N–H and O–H groups in total. The summed E-state index contributed by atoms with van der Waals surface area (Å²) in [4.78, 5) is 13.9. The van der Waals surface area contributed by atoms with Crippen LogP contribution >= 0.6 is 11.8 Å². The summed E-state index contributed by atoms with van der Waals surface area (Å²) in [6, 6.07) is 0. The second-order valence-electron chi connectivity index (χ2n) is 9.28. The molecule has 1 fully saturated rings. The summed E-state index contributed by atoms with van der Waals surface area (Å²) in [5.41, 5.74) is 0. The molecule has 31 heavy (non-hydrogen) atoms. The van der Waals surface area contributed by atoms with Crippen molar-refractivity contribution in [3.05, 3.63) is 0 Å². The van der Waals surface area contributed by atoms with Crippen LogP contribution in [0.2, 0.25) is 0 Å². The number of rotatable bonds is 21. The van der Waals surface area contributed by atoms with Crippen molar-refractivity contribution in [3.63, 3.8) is 0 Å². The predicted octanol–water partition coefficient (Wildman–Crippen LogP) is 6.43. The fraction of sp³-hybridized carbons (Fsp3) is 0.962. The number of hydrogen-bond donors (Lipinski definition) is 1. The maximum absolute atomic E-state index is 11.4. The van der Waals surface area contributed by atoms with Gasteiger partial charge < -0.3 is 15.0 Å². The quantitative estimate of drug-likeness (QED) is 0.159. The summed E-state index contributed by atoms with van der Waals surface area (Å²) < 4.78 is 5.56. The molecule has 1 heterocycles. The number of thioether (sulfide) groups is 1. The van der Waals surface area contributed by atoms with Gasteiger partial charge in [-0.05, 0) is 18.6 Å². The average Bonchev–Trinajstić information content (AvgIpc) is 2.77. The Hall–Kier alpha value is -0.260. The number of esters is 1. The Morgan fingerprint density at radius 1 is 0.871 bits per heavy atom. The molecule has 1 rings (SSSR count). The van der Waals surface area contributed by atoms with Crippen LogP contribution in [0.4, 0.5) is 0 Å². The SMILES string of the molecule is CCCCCCCCCCCCCCCCSCC(CCN1CCNCC1)OC(C)=O. The number of nitrogens with zero attached hydrogens (tertiary/aromatic N) is 1. The van der Waals surface area contributed by atoms with E-state index in [0.29, 0.717) is 0 Å². The van der Waals surface area contributed by atoms with E-state index in [1.807, 2.05) is 11.8 Å². The first-order chi connectivity index (χ1) is 15.2. The number of ether oxygens (including phenoxy) is 1. The molecule has 4 nitrogen and oxygen atoms in total. The van der Waals surface area contributed by atoms with Crippen LogP contribution in [-0.4, -0.2) is 61.2 Å². The van der Waals surface area contributed by atoms with E-state index in [9.17, 15) is 4.79 Å². The van der Waals surface area contributed by atoms with Crippen molar-refractivity contribution < 1.29 is 9.53 Å². The van der Waals surface area contributed by atoms with Crippen LogP contribution in [0.1, 0.15) is 110 Å². The van der Waals surface area contributed by atoms with Gasteiger partial charge in [0.2, 0.25) is 0 Å². The Morgan fingerprint density at radius 3 is 1.90 bits per heavy atom. The van der Waals surface area contributed by atoms with Crippen LogP contribution in [0, 0.1) is 0 Å². The Morgan fingerprint density at radius 2 is 1.39 bits per heavy atom. The van der Waals surface area contributed by atoms with E-state index in [-0.39, 0.29) is 12.1 Å². The van der Waals surface area contributed by atoms with Crippen molar-refractivity contribution in [1.82, 2.24) is 10.2 Å². The molecule has 0 radical (unpaired) electrons. The van der Waals surface area contributed by atoms with E-state index in [0.717, 1.165) is 44.9 Å². The molecular weight excluding hydrogens is 404 g/mol. The maximum Gasteiger partial charge on any atom is 0.302 e. The number of hydrogen-bond acceptors (Lipinski definition) is 5. The molecule has 0 spiro atoms. The van der Waals surface area contributed by atoms with Gasteiger partial charge in [0.25, 0.3) is 0 Å². The Balaban J connectivity index is 1.88. The fourth-order valence-electron chi connectivity index (χ4n) is 4.29. The van der Waals surface area contributed by atoms with Crippen LogP contribution in [-0.2, 0) is 9.53 Å². The van der Waals surface area contributed by atoms with Gasteiger partial charge in [-0.3, -0.25) is 4.79 Å². The van der Waals surface area contributed by atoms with Gasteiger partial charge in [-0.1, -0.05) is 90.4 Å². The first-order valence-electron chi connectivity index (χ1n) is 13.4. The molecule has 0 aromatic carbocycles. The molecule has 1 unspecified atom stereocenters. The maximum atomic E-state index is 11.4. The second kappa shape index (κ2) is 21.6. The molecule has 5 heteroatoms. The van der Waals surface area contributed by atoms with E-state index in [2.05, 4.69) is 17.1 Å². The summed E-state index contributed by atoms with van der Waals surface area (Å²) in [5.74, 6) is 2.01. The third-order valence-electron chi connectivity index (χ3n) is 6.26. The van der Waals surface area contributed by atoms with Crippen molar-refractivity contribution in [2.45, 2.75) is 116 Å². The lowest BCUT2D eigenvalue weighted by atomic mass is 10.0. The minimum atomic E-state index is -0.137. The van der Waals surface area contributed by atoms with E-state index >= 15 is 0 Å². The monoisotopic (exact) mass is 456 g/mol. The molecule has 1 saturated heterocycles. The van der Waals surface area contributed by atoms with Gasteiger partial charge in [0.05, 0.1) is 0 Å². The van der Waals surface area contributed by atoms with Gasteiger partial charge in [0, 0.05) is 45.4 Å². The summed E-state index contributed by atoms with van der Waals surface area (Å²) in [6.45, 7) is 9.24. The van der Waals surface area contributed by atoms with Crippen molar-refractivity contribution >= 4 is 17.7 Å². The van der Waals surface area contributed by atoms with Crippen molar-refractivity contribution in [2.24, 2.45) is 0 Å². The van der Waals surface area contributed by atoms with Gasteiger partial charge in [-0.15, -0.1) is 0 Å². The highest BCUT2D eigenvalue weighted by atomic mass is 32.2. The lowest BCUT2D eigenvalue weighted by Gasteiger charge is -2.28. The van der Waals surface area contributed by atoms with Crippen LogP contribution in [0.25, 0.3) is 0 Å². The standard InChI is InChI=1S/C26H52N2O2S/c1-3-4-5-6-7-8-9-10-11-12-13-14-15-16-23-31-24-26(30-25(2)29)17-20-28-21-18-27-19-22-28/h26-27H,3-24H2,1-2H3. The van der Waals surface area contributed by atoms with Gasteiger partial charge >= 0.3 is 5.97 Å². The summed E-state index contributed by atoms with van der Waals surface area (Å²) in [5, 5.41) is 3.39. The molecule has 0 amide bonds. The highest BCUT2D eigenvalue weighted by molar-refractivity contribution is 7.99. The number of unbranched alkanes of at least 4 members (excludes halogenated alkanes) is 13. The lowest BCUT2D eigenvalue weighted by molar-refractivity contribution is -0.145. The van der Waals surface area contributed by atoms with Crippen molar-refractivity contribution in [1.29, 1.82) is 0 Å². The molecular formula is C26H52N2O2S. The van der Waals surface area contributed by atoms with Crippen molar-refractivity contribution in [3.8, 4) is 0 Å². The number of carbonyl (C=O) groups excluding carboxylic acids is 1. The summed E-state index contributed by atoms with van der Waals surface area (Å²) in [7, 11) is 0. The lowest BCUT2D eigenvalue weighted by Crippen LogP contribution is -2.44. The Kier molecular flexibility index (Phi) is 20.0. The minimum Gasteiger partial charge on any atom is -0.462 e. The van der Waals surface area contributed by atoms with E-state index < -0.39 is 0 Å². The molecule has 0 aromatic heterocycles. The van der Waals surface area contributed by atoms with E-state index in [1.165, 1.54) is 103 Å². The smallest absolute Gasteiger partial charge is 0.302 e. The first-order valence-corrected chi connectivity index (χ1v) is 14.6. The molecule has 184 valence electrons. The highest BCUT2D eigenvalue weighted by Gasteiger charge is 2.16. The normalized spacial score (nSPS) is 15.8. The van der Waals surface area contributed by atoms with Crippen LogP contribution in [0.3, 0.4) is 0 Å². The predicted molar refractivity (Wildman–Crippen MR) is 137 cm³/mol. The van der Waals surface area contributed by atoms with E-state index in [4.69, 9.17) is 4.74 Å². The van der Waals surface area contributed by atoms with Crippen LogP contribution in [0.5, 0.6) is 0 Å². The molecule has 0 saturated carbocycles. The topological polar surface area (TPSA) is 41.6 Å². The summed E-state index contributed by atoms with van der Waals surface area (Å²) >= 11 is 1.97. The fourth-order valence-corrected chi connectivity index (χ4v) is 5.36. The Labute approximate surface area is 198 Å². The molecule has 0 bridgehead atoms. The van der Waals surface area contributed by atoms with Crippen LogP contribution < -0.4 is 5.32 Å². The first kappa shape index (κ1) is 28.8. The summed E-state index contributed by atoms with van der Waals surface area (Å²) in [6.07, 6.45) is 20.8.